The summed E-state index contributed by atoms with van der Waals surface area (Å²) in [6.45, 7) is 2.88. The largest absolute Gasteiger partial charge is 0.480 e. The van der Waals surface area contributed by atoms with Gasteiger partial charge in [0.05, 0.1) is 24.9 Å². The van der Waals surface area contributed by atoms with E-state index in [2.05, 4.69) is 36.5 Å². The zero-order valence-corrected chi connectivity index (χ0v) is 22.4. The molecule has 0 bridgehead atoms. The van der Waals surface area contributed by atoms with Gasteiger partial charge in [0.1, 0.15) is 11.9 Å². The second kappa shape index (κ2) is 13.4. The van der Waals surface area contributed by atoms with Crippen LogP contribution >= 0.6 is 11.3 Å². The van der Waals surface area contributed by atoms with Crippen LogP contribution in [0.5, 0.6) is 0 Å². The minimum Gasteiger partial charge on any atom is -0.480 e. The van der Waals surface area contributed by atoms with Crippen molar-refractivity contribution in [3.8, 4) is 10.4 Å². The first-order valence-corrected chi connectivity index (χ1v) is 14.0. The fourth-order valence-corrected chi connectivity index (χ4v) is 5.93. The maximum absolute atomic E-state index is 13.2. The monoisotopic (exact) mass is 541 g/mol. The third kappa shape index (κ3) is 7.71. The van der Waals surface area contributed by atoms with Gasteiger partial charge in [-0.25, -0.2) is 4.39 Å². The summed E-state index contributed by atoms with van der Waals surface area (Å²) < 4.78 is 19.1. The standard InChI is InChI=1S/C24H25FO3S.C6H11NO2/c1-15-2-3-17(23-13-20(27)12-21(14-26)28-23)10-18(15)11-22-8-9-24(29-22)16-4-6-19(25)7-5-16;8-6(9)5-3-1-2-4-7-5/h2-10,20-21,23,26-27H,11-14H2,1H3;5,7H,1-4H2,(H,8,9). The van der Waals surface area contributed by atoms with Crippen molar-refractivity contribution in [2.24, 2.45) is 0 Å². The highest BCUT2D eigenvalue weighted by atomic mass is 32.1. The molecule has 4 N–H and O–H groups in total. The van der Waals surface area contributed by atoms with Crippen molar-refractivity contribution in [1.82, 2.24) is 5.32 Å². The van der Waals surface area contributed by atoms with E-state index in [9.17, 15) is 19.4 Å². The molecule has 5 rings (SSSR count). The molecule has 3 aromatic rings. The molecule has 2 fully saturated rings. The molecule has 0 spiro atoms. The van der Waals surface area contributed by atoms with E-state index >= 15 is 0 Å². The summed E-state index contributed by atoms with van der Waals surface area (Å²) in [6.07, 6.45) is 3.82. The van der Waals surface area contributed by atoms with Crippen molar-refractivity contribution < 1.29 is 29.2 Å². The first-order chi connectivity index (χ1) is 18.3. The maximum Gasteiger partial charge on any atom is 0.320 e. The van der Waals surface area contributed by atoms with Gasteiger partial charge in [0.15, 0.2) is 0 Å². The van der Waals surface area contributed by atoms with E-state index < -0.39 is 12.1 Å². The van der Waals surface area contributed by atoms with Crippen LogP contribution in [0.25, 0.3) is 10.4 Å². The Balaban J connectivity index is 0.000000317. The molecule has 8 heteroatoms. The van der Waals surface area contributed by atoms with Gasteiger partial charge >= 0.3 is 5.97 Å². The van der Waals surface area contributed by atoms with Crippen LogP contribution in [0.2, 0.25) is 0 Å². The Bertz CT molecular complexity index is 1190. The van der Waals surface area contributed by atoms with Gasteiger partial charge < -0.3 is 25.4 Å². The molecule has 2 aromatic carbocycles. The van der Waals surface area contributed by atoms with Gasteiger partial charge in [-0.1, -0.05) is 36.8 Å². The van der Waals surface area contributed by atoms with Crippen LogP contribution in [0.1, 0.15) is 59.8 Å². The number of hydrogen-bond acceptors (Lipinski definition) is 6. The molecule has 4 atom stereocenters. The lowest BCUT2D eigenvalue weighted by atomic mass is 9.93. The average molecular weight is 542 g/mol. The van der Waals surface area contributed by atoms with Crippen LogP contribution in [-0.2, 0) is 16.0 Å². The lowest BCUT2D eigenvalue weighted by Crippen LogP contribution is -2.40. The lowest BCUT2D eigenvalue weighted by Gasteiger charge is -2.32. The number of aliphatic hydroxyl groups is 2. The number of rotatable bonds is 6. The predicted octanol–water partition coefficient (Wildman–Crippen LogP) is 5.24. The summed E-state index contributed by atoms with van der Waals surface area (Å²) in [4.78, 5) is 12.7. The zero-order valence-electron chi connectivity index (χ0n) is 21.6. The van der Waals surface area contributed by atoms with Gasteiger partial charge in [0.25, 0.3) is 0 Å². The van der Waals surface area contributed by atoms with Crippen molar-refractivity contribution in [2.75, 3.05) is 13.2 Å². The lowest BCUT2D eigenvalue weighted by molar-refractivity contribution is -0.140. The summed E-state index contributed by atoms with van der Waals surface area (Å²) in [5, 5.41) is 30.9. The molecule has 0 aliphatic carbocycles. The van der Waals surface area contributed by atoms with E-state index in [0.717, 1.165) is 48.2 Å². The Hall–Kier alpha value is -2.62. The molecule has 0 saturated carbocycles. The molecule has 2 aliphatic rings. The fraction of sp³-hybridized carbons (Fsp3) is 0.433. The molecule has 204 valence electrons. The topological polar surface area (TPSA) is 99.0 Å². The van der Waals surface area contributed by atoms with Gasteiger partial charge in [-0.15, -0.1) is 11.3 Å². The second-order valence-corrected chi connectivity index (χ2v) is 11.2. The molecule has 6 nitrogen and oxygen atoms in total. The van der Waals surface area contributed by atoms with E-state index in [1.807, 2.05) is 6.07 Å². The maximum atomic E-state index is 13.2. The van der Waals surface area contributed by atoms with Crippen LogP contribution in [0, 0.1) is 12.7 Å². The molecule has 3 heterocycles. The number of carboxylic acid groups (broad SMARTS) is 1. The summed E-state index contributed by atoms with van der Waals surface area (Å²) >= 11 is 1.71. The number of aryl methyl sites for hydroxylation is 1. The smallest absolute Gasteiger partial charge is 0.320 e. The normalized spacial score (nSPS) is 23.4. The molecule has 2 aliphatic heterocycles. The van der Waals surface area contributed by atoms with Gasteiger partial charge in [-0.05, 0) is 72.8 Å². The summed E-state index contributed by atoms with van der Waals surface area (Å²) in [5.41, 5.74) is 4.49. The number of ether oxygens (including phenoxy) is 1. The minimum absolute atomic E-state index is 0.0758. The number of benzene rings is 2. The number of carbonyl (C=O) groups is 1. The van der Waals surface area contributed by atoms with Crippen molar-refractivity contribution in [3.05, 3.63) is 82.0 Å². The van der Waals surface area contributed by atoms with E-state index in [-0.39, 0.29) is 30.7 Å². The number of aliphatic carboxylic acids is 1. The fourth-order valence-electron chi connectivity index (χ4n) is 4.90. The van der Waals surface area contributed by atoms with Crippen molar-refractivity contribution in [1.29, 1.82) is 0 Å². The second-order valence-electron chi connectivity index (χ2n) is 10.0. The van der Waals surface area contributed by atoms with E-state index in [0.29, 0.717) is 12.8 Å². The Morgan fingerprint density at radius 3 is 2.55 bits per heavy atom. The Morgan fingerprint density at radius 2 is 1.89 bits per heavy atom. The summed E-state index contributed by atoms with van der Waals surface area (Å²) in [6, 6.07) is 16.8. The van der Waals surface area contributed by atoms with Crippen LogP contribution in [0.15, 0.2) is 54.6 Å². The Kier molecular flexibility index (Phi) is 10.0. The van der Waals surface area contributed by atoms with Gasteiger partial charge in [-0.3, -0.25) is 4.79 Å². The number of hydrogen-bond donors (Lipinski definition) is 4. The quantitative estimate of drug-likeness (QED) is 0.341. The van der Waals surface area contributed by atoms with Gasteiger partial charge in [0, 0.05) is 29.0 Å². The van der Waals surface area contributed by atoms with Crippen molar-refractivity contribution in [3.63, 3.8) is 0 Å². The van der Waals surface area contributed by atoms with Crippen LogP contribution in [0.3, 0.4) is 0 Å². The molecule has 1 aromatic heterocycles. The number of carboxylic acids is 1. The number of aliphatic hydroxyl groups excluding tert-OH is 2. The molecule has 2 saturated heterocycles. The highest BCUT2D eigenvalue weighted by Gasteiger charge is 2.29. The molecular formula is C30H36FNO5S. The number of halogens is 1. The highest BCUT2D eigenvalue weighted by Crippen LogP contribution is 2.34. The highest BCUT2D eigenvalue weighted by molar-refractivity contribution is 7.15. The van der Waals surface area contributed by atoms with Crippen LogP contribution in [-0.4, -0.2) is 52.7 Å². The van der Waals surface area contributed by atoms with E-state index in [4.69, 9.17) is 9.84 Å². The van der Waals surface area contributed by atoms with Crippen molar-refractivity contribution in [2.45, 2.75) is 69.8 Å². The summed E-state index contributed by atoms with van der Waals surface area (Å²) in [5.74, 6) is -0.939. The number of thiophene rings is 1. The predicted molar refractivity (Wildman–Crippen MR) is 147 cm³/mol. The van der Waals surface area contributed by atoms with Crippen molar-refractivity contribution >= 4 is 17.3 Å². The summed E-state index contributed by atoms with van der Waals surface area (Å²) in [7, 11) is 0. The SMILES string of the molecule is Cc1ccc(C2CC(O)CC(CO)O2)cc1Cc1ccc(-c2ccc(F)cc2)s1.O=C(O)C1CCCCN1. The molecule has 0 radical (unpaired) electrons. The third-order valence-electron chi connectivity index (χ3n) is 7.09. The first-order valence-electron chi connectivity index (χ1n) is 13.2. The van der Waals surface area contributed by atoms with E-state index in [1.165, 1.54) is 28.1 Å². The molecule has 38 heavy (non-hydrogen) atoms. The minimum atomic E-state index is -0.713. The number of piperidine rings is 1. The molecular weight excluding hydrogens is 505 g/mol. The molecule has 0 amide bonds. The average Bonchev–Trinajstić information content (AvgIpc) is 3.39. The zero-order chi connectivity index (χ0) is 27.1. The van der Waals surface area contributed by atoms with Crippen LogP contribution in [0.4, 0.5) is 4.39 Å². The molecule has 4 unspecified atom stereocenters. The number of nitrogens with one attached hydrogen (secondary N) is 1. The van der Waals surface area contributed by atoms with E-state index in [1.54, 1.807) is 23.5 Å². The Labute approximate surface area is 227 Å². The van der Waals surface area contributed by atoms with Crippen LogP contribution < -0.4 is 5.32 Å². The third-order valence-corrected chi connectivity index (χ3v) is 8.22. The first kappa shape index (κ1) is 28.4. The van der Waals surface area contributed by atoms with Gasteiger partial charge in [-0.2, -0.15) is 0 Å². The van der Waals surface area contributed by atoms with Gasteiger partial charge in [0.2, 0.25) is 0 Å². The Morgan fingerprint density at radius 1 is 1.11 bits per heavy atom.